The molecule has 5 heteroatoms. The van der Waals surface area contributed by atoms with E-state index >= 15 is 0 Å². The Kier molecular flexibility index (Phi) is 22.4. The van der Waals surface area contributed by atoms with E-state index in [1.54, 1.807) is 0 Å². The van der Waals surface area contributed by atoms with Crippen molar-refractivity contribution >= 4 is 11.7 Å². The number of rotatable bonds is 25. The molecule has 0 heterocycles. The van der Waals surface area contributed by atoms with Gasteiger partial charge in [0.1, 0.15) is 5.78 Å². The summed E-state index contributed by atoms with van der Waals surface area (Å²) in [6.07, 6.45) is 24.5. The number of unbranched alkanes of at least 4 members (excludes halogenated alkanes) is 11. The van der Waals surface area contributed by atoms with Crippen molar-refractivity contribution in [2.75, 3.05) is 54.9 Å². The van der Waals surface area contributed by atoms with Gasteiger partial charge in [-0.15, -0.1) is 0 Å². The molecule has 0 aliphatic rings. The van der Waals surface area contributed by atoms with E-state index < -0.39 is 0 Å². The van der Waals surface area contributed by atoms with Crippen LogP contribution in [0.1, 0.15) is 116 Å². The summed E-state index contributed by atoms with van der Waals surface area (Å²) in [5.74, 6) is 0.674. The Morgan fingerprint density at radius 2 is 1.14 bits per heavy atom. The molecule has 0 unspecified atom stereocenters. The number of carbonyl (C=O) groups excluding carboxylic acids is 2. The van der Waals surface area contributed by atoms with Crippen LogP contribution in [-0.4, -0.2) is 75.9 Å². The molecular formula is C30H60N3O2+. The minimum Gasteiger partial charge on any atom is -0.356 e. The summed E-state index contributed by atoms with van der Waals surface area (Å²) in [6, 6.07) is 0. The lowest BCUT2D eigenvalue weighted by molar-refractivity contribution is -0.870. The van der Waals surface area contributed by atoms with E-state index in [4.69, 9.17) is 0 Å². The number of nitrogens with zero attached hydrogens (tertiary/aromatic N) is 2. The highest BCUT2D eigenvalue weighted by Crippen LogP contribution is 2.11. The highest BCUT2D eigenvalue weighted by molar-refractivity contribution is 5.78. The molecule has 0 fully saturated rings. The molecule has 0 aliphatic carbocycles. The second-order valence-electron chi connectivity index (χ2n) is 11.6. The van der Waals surface area contributed by atoms with E-state index in [9.17, 15) is 9.59 Å². The third-order valence-corrected chi connectivity index (χ3v) is 6.41. The molecule has 0 aromatic heterocycles. The van der Waals surface area contributed by atoms with Crippen molar-refractivity contribution in [3.63, 3.8) is 0 Å². The van der Waals surface area contributed by atoms with E-state index in [1.807, 2.05) is 0 Å². The summed E-state index contributed by atoms with van der Waals surface area (Å²) in [6.45, 7) is 2.98. The Labute approximate surface area is 218 Å². The highest BCUT2D eigenvalue weighted by Gasteiger charge is 2.07. The van der Waals surface area contributed by atoms with Gasteiger partial charge in [-0.25, -0.2) is 0 Å². The minimum absolute atomic E-state index is 0.217. The Hall–Kier alpha value is -1.20. The molecule has 0 radical (unpaired) electrons. The SMILES string of the molecule is CN(C)CCCCC(=O)CCCCCCC/C=C/CCCCCCCC(=O)NCCC[N+](C)(C)C. The molecule has 0 rings (SSSR count). The van der Waals surface area contributed by atoms with Gasteiger partial charge in [0.25, 0.3) is 0 Å². The van der Waals surface area contributed by atoms with E-state index in [0.717, 1.165) is 75.5 Å². The van der Waals surface area contributed by atoms with Crippen LogP contribution in [-0.2, 0) is 9.59 Å². The number of hydrogen-bond donors (Lipinski definition) is 1. The Morgan fingerprint density at radius 1 is 0.657 bits per heavy atom. The highest BCUT2D eigenvalue weighted by atomic mass is 16.1. The van der Waals surface area contributed by atoms with E-state index in [-0.39, 0.29) is 5.91 Å². The quantitative estimate of drug-likeness (QED) is 0.0893. The maximum absolute atomic E-state index is 11.9. The van der Waals surface area contributed by atoms with Gasteiger partial charge < -0.3 is 14.7 Å². The molecule has 0 aromatic rings. The molecule has 0 spiro atoms. The van der Waals surface area contributed by atoms with Gasteiger partial charge in [0.2, 0.25) is 5.91 Å². The van der Waals surface area contributed by atoms with Crippen LogP contribution in [0.2, 0.25) is 0 Å². The fourth-order valence-electron chi connectivity index (χ4n) is 4.17. The van der Waals surface area contributed by atoms with Gasteiger partial charge in [0.05, 0.1) is 27.7 Å². The van der Waals surface area contributed by atoms with Crippen LogP contribution in [0.5, 0.6) is 0 Å². The molecule has 0 saturated heterocycles. The van der Waals surface area contributed by atoms with Crippen LogP contribution in [0.15, 0.2) is 12.2 Å². The van der Waals surface area contributed by atoms with Crippen molar-refractivity contribution in [2.24, 2.45) is 0 Å². The van der Waals surface area contributed by atoms with E-state index in [2.05, 4.69) is 57.6 Å². The molecule has 35 heavy (non-hydrogen) atoms. The van der Waals surface area contributed by atoms with Crippen molar-refractivity contribution in [1.82, 2.24) is 10.2 Å². The molecular weight excluding hydrogens is 434 g/mol. The Bertz CT molecular complexity index is 538. The van der Waals surface area contributed by atoms with Gasteiger partial charge in [-0.2, -0.15) is 0 Å². The molecule has 5 nitrogen and oxygen atoms in total. The fraction of sp³-hybridized carbons (Fsp3) is 0.867. The standard InChI is InChI=1S/C30H59N3O2/c1-32(2)27-21-20-24-29(34)23-18-16-14-12-10-8-6-7-9-11-13-15-17-19-25-30(35)31-26-22-28-33(3,4)5/h6-7H,8-28H2,1-5H3/p+1/b7-6+. The summed E-state index contributed by atoms with van der Waals surface area (Å²) in [7, 11) is 10.7. The average Bonchev–Trinajstić information content (AvgIpc) is 2.78. The fourth-order valence-corrected chi connectivity index (χ4v) is 4.17. The molecule has 0 aromatic carbocycles. The summed E-state index contributed by atoms with van der Waals surface area (Å²) < 4.78 is 0.952. The maximum atomic E-state index is 11.9. The Balaban J connectivity index is 3.31. The van der Waals surface area contributed by atoms with Gasteiger partial charge in [0.15, 0.2) is 0 Å². The second kappa shape index (κ2) is 23.2. The van der Waals surface area contributed by atoms with Crippen molar-refractivity contribution in [2.45, 2.75) is 116 Å². The topological polar surface area (TPSA) is 49.4 Å². The first-order valence-electron chi connectivity index (χ1n) is 14.6. The number of Topliss-reactive ketones (excluding diaryl/α,β-unsaturated/α-hetero) is 1. The largest absolute Gasteiger partial charge is 0.356 e. The van der Waals surface area contributed by atoms with Gasteiger partial charge in [0, 0.05) is 32.2 Å². The molecule has 0 saturated carbocycles. The monoisotopic (exact) mass is 494 g/mol. The lowest BCUT2D eigenvalue weighted by Crippen LogP contribution is -2.37. The zero-order valence-electron chi connectivity index (χ0n) is 24.2. The number of allylic oxidation sites excluding steroid dienone is 2. The zero-order valence-corrected chi connectivity index (χ0v) is 24.2. The van der Waals surface area contributed by atoms with Crippen LogP contribution in [0.25, 0.3) is 0 Å². The lowest BCUT2D eigenvalue weighted by Gasteiger charge is -2.23. The molecule has 0 atom stereocenters. The molecule has 206 valence electrons. The predicted octanol–water partition coefficient (Wildman–Crippen LogP) is 6.52. The smallest absolute Gasteiger partial charge is 0.219 e. The molecule has 0 bridgehead atoms. The third kappa shape index (κ3) is 28.9. The van der Waals surface area contributed by atoms with E-state index in [0.29, 0.717) is 12.2 Å². The van der Waals surface area contributed by atoms with Crippen LogP contribution in [0, 0.1) is 0 Å². The van der Waals surface area contributed by atoms with Crippen molar-refractivity contribution in [1.29, 1.82) is 0 Å². The van der Waals surface area contributed by atoms with Crippen LogP contribution >= 0.6 is 0 Å². The molecule has 1 amide bonds. The number of hydrogen-bond acceptors (Lipinski definition) is 3. The predicted molar refractivity (Wildman–Crippen MR) is 152 cm³/mol. The summed E-state index contributed by atoms with van der Waals surface area (Å²) in [5.41, 5.74) is 0. The van der Waals surface area contributed by atoms with Gasteiger partial charge in [-0.05, 0) is 72.0 Å². The number of carbonyl (C=O) groups is 2. The second-order valence-corrected chi connectivity index (χ2v) is 11.6. The van der Waals surface area contributed by atoms with Crippen molar-refractivity contribution < 1.29 is 14.1 Å². The van der Waals surface area contributed by atoms with Gasteiger partial charge in [-0.1, -0.05) is 50.7 Å². The lowest BCUT2D eigenvalue weighted by atomic mass is 10.0. The first-order valence-corrected chi connectivity index (χ1v) is 14.6. The minimum atomic E-state index is 0.217. The number of nitrogens with one attached hydrogen (secondary N) is 1. The van der Waals surface area contributed by atoms with Gasteiger partial charge in [-0.3, -0.25) is 9.59 Å². The molecule has 0 aliphatic heterocycles. The zero-order chi connectivity index (χ0) is 26.2. The van der Waals surface area contributed by atoms with Crippen LogP contribution in [0.4, 0.5) is 0 Å². The number of amides is 1. The number of quaternary nitrogens is 1. The summed E-state index contributed by atoms with van der Waals surface area (Å²) in [5, 5.41) is 3.05. The average molecular weight is 495 g/mol. The van der Waals surface area contributed by atoms with Crippen molar-refractivity contribution in [3.8, 4) is 0 Å². The van der Waals surface area contributed by atoms with Gasteiger partial charge >= 0.3 is 0 Å². The normalized spacial score (nSPS) is 12.1. The first kappa shape index (κ1) is 33.8. The Morgan fingerprint density at radius 3 is 1.69 bits per heavy atom. The van der Waals surface area contributed by atoms with E-state index in [1.165, 1.54) is 57.8 Å². The first-order chi connectivity index (χ1) is 16.7. The summed E-state index contributed by atoms with van der Waals surface area (Å²) >= 11 is 0. The van der Waals surface area contributed by atoms with Crippen LogP contribution in [0.3, 0.4) is 0 Å². The number of ketones is 1. The van der Waals surface area contributed by atoms with Crippen molar-refractivity contribution in [3.05, 3.63) is 12.2 Å². The van der Waals surface area contributed by atoms with Crippen LogP contribution < -0.4 is 5.32 Å². The third-order valence-electron chi connectivity index (χ3n) is 6.41. The summed E-state index contributed by atoms with van der Waals surface area (Å²) in [4.78, 5) is 25.9. The molecule has 1 N–H and O–H groups in total. The maximum Gasteiger partial charge on any atom is 0.219 e.